The number of anilines is 1. The first kappa shape index (κ1) is 27.1. The fourth-order valence-electron chi connectivity index (χ4n) is 4.98. The van der Waals surface area contributed by atoms with Gasteiger partial charge in [-0.3, -0.25) is 4.79 Å². The monoisotopic (exact) mass is 532 g/mol. The van der Waals surface area contributed by atoms with Crippen molar-refractivity contribution in [3.05, 3.63) is 124 Å². The minimum atomic E-state index is -0.00582. The van der Waals surface area contributed by atoms with Gasteiger partial charge >= 0.3 is 0 Å². The van der Waals surface area contributed by atoms with Gasteiger partial charge in [0.15, 0.2) is 5.43 Å². The van der Waals surface area contributed by atoms with Crippen molar-refractivity contribution in [1.29, 1.82) is 0 Å². The van der Waals surface area contributed by atoms with Crippen LogP contribution in [0.25, 0.3) is 22.2 Å². The van der Waals surface area contributed by atoms with Crippen molar-refractivity contribution in [1.82, 2.24) is 4.57 Å². The lowest BCUT2D eigenvalue weighted by molar-refractivity contribution is 0.414. The van der Waals surface area contributed by atoms with Gasteiger partial charge in [-0.15, -0.1) is 0 Å². The maximum Gasteiger partial charge on any atom is 0.192 e. The van der Waals surface area contributed by atoms with Crippen molar-refractivity contribution in [2.45, 2.75) is 39.3 Å². The largest absolute Gasteiger partial charge is 0.497 e. The number of rotatable bonds is 8. The van der Waals surface area contributed by atoms with E-state index in [1.165, 1.54) is 5.56 Å². The Morgan fingerprint density at radius 3 is 1.93 bits per heavy atom. The first-order valence-corrected chi connectivity index (χ1v) is 13.5. The number of methoxy groups -OCH3 is 2. The van der Waals surface area contributed by atoms with Gasteiger partial charge in [0.1, 0.15) is 11.5 Å². The van der Waals surface area contributed by atoms with Crippen molar-refractivity contribution >= 4 is 16.6 Å². The SMILES string of the molecule is COc1ccc(CNc2cccc3c2c(=O)cc(-c2ccc(C(C)(C)C)cc2)n3Cc2ccc(OC)cc2)cc1. The molecular formula is C35H36N2O3. The van der Waals surface area contributed by atoms with E-state index in [1.54, 1.807) is 20.3 Å². The summed E-state index contributed by atoms with van der Waals surface area (Å²) in [4.78, 5) is 13.7. The van der Waals surface area contributed by atoms with Crippen LogP contribution in [-0.2, 0) is 18.5 Å². The van der Waals surface area contributed by atoms with Gasteiger partial charge in [0.25, 0.3) is 0 Å². The van der Waals surface area contributed by atoms with E-state index in [0.717, 1.165) is 45.1 Å². The molecule has 1 heterocycles. The average Bonchev–Trinajstić information content (AvgIpc) is 2.97. The number of hydrogen-bond acceptors (Lipinski definition) is 4. The third kappa shape index (κ3) is 5.74. The predicted octanol–water partition coefficient (Wildman–Crippen LogP) is 7.64. The molecule has 0 unspecified atom stereocenters. The van der Waals surface area contributed by atoms with Crippen LogP contribution in [0.5, 0.6) is 11.5 Å². The minimum absolute atomic E-state index is 0.00582. The predicted molar refractivity (Wildman–Crippen MR) is 165 cm³/mol. The summed E-state index contributed by atoms with van der Waals surface area (Å²) in [6.07, 6.45) is 0. The fraction of sp³-hybridized carbons (Fsp3) is 0.229. The summed E-state index contributed by atoms with van der Waals surface area (Å²) in [6.45, 7) is 7.82. The molecule has 1 N–H and O–H groups in total. The lowest BCUT2D eigenvalue weighted by Gasteiger charge is -2.21. The third-order valence-electron chi connectivity index (χ3n) is 7.33. The van der Waals surface area contributed by atoms with Gasteiger partial charge in [0, 0.05) is 24.8 Å². The number of nitrogens with zero attached hydrogens (tertiary/aromatic N) is 1. The molecule has 0 saturated heterocycles. The Labute approximate surface area is 236 Å². The van der Waals surface area contributed by atoms with Gasteiger partial charge in [-0.1, -0.05) is 75.4 Å². The highest BCUT2D eigenvalue weighted by atomic mass is 16.5. The third-order valence-corrected chi connectivity index (χ3v) is 7.33. The number of fused-ring (bicyclic) bond motifs is 1. The van der Waals surface area contributed by atoms with Gasteiger partial charge in [0.2, 0.25) is 0 Å². The molecule has 5 rings (SSSR count). The Morgan fingerprint density at radius 2 is 1.35 bits per heavy atom. The van der Waals surface area contributed by atoms with E-state index in [4.69, 9.17) is 9.47 Å². The number of hydrogen-bond donors (Lipinski definition) is 1. The Morgan fingerprint density at radius 1 is 0.750 bits per heavy atom. The summed E-state index contributed by atoms with van der Waals surface area (Å²) in [7, 11) is 3.33. The summed E-state index contributed by atoms with van der Waals surface area (Å²) in [5.41, 5.74) is 7.13. The first-order chi connectivity index (χ1) is 19.3. The molecule has 0 atom stereocenters. The van der Waals surface area contributed by atoms with Gasteiger partial charge in [-0.05, 0) is 64.1 Å². The summed E-state index contributed by atoms with van der Waals surface area (Å²) < 4.78 is 12.9. The maximum absolute atomic E-state index is 13.7. The van der Waals surface area contributed by atoms with Crippen molar-refractivity contribution in [2.75, 3.05) is 19.5 Å². The van der Waals surface area contributed by atoms with E-state index in [0.29, 0.717) is 18.5 Å². The van der Waals surface area contributed by atoms with Crippen LogP contribution in [0.15, 0.2) is 102 Å². The van der Waals surface area contributed by atoms with E-state index in [9.17, 15) is 4.79 Å². The zero-order valence-corrected chi connectivity index (χ0v) is 23.8. The normalized spacial score (nSPS) is 11.4. The topological polar surface area (TPSA) is 52.5 Å². The van der Waals surface area contributed by atoms with E-state index < -0.39 is 0 Å². The molecule has 4 aromatic carbocycles. The molecule has 204 valence electrons. The molecule has 0 aliphatic rings. The van der Waals surface area contributed by atoms with Gasteiger partial charge < -0.3 is 19.4 Å². The van der Waals surface area contributed by atoms with E-state index in [-0.39, 0.29) is 10.8 Å². The molecule has 0 amide bonds. The Hall–Kier alpha value is -4.51. The van der Waals surface area contributed by atoms with Crippen LogP contribution in [0, 0.1) is 0 Å². The molecule has 1 aromatic heterocycles. The zero-order chi connectivity index (χ0) is 28.3. The number of aromatic nitrogens is 1. The highest BCUT2D eigenvalue weighted by molar-refractivity contribution is 5.93. The molecule has 5 nitrogen and oxygen atoms in total. The summed E-state index contributed by atoms with van der Waals surface area (Å²) >= 11 is 0. The molecule has 0 aliphatic carbocycles. The quantitative estimate of drug-likeness (QED) is 0.223. The number of ether oxygens (including phenoxy) is 2. The molecule has 40 heavy (non-hydrogen) atoms. The average molecular weight is 533 g/mol. The Bertz CT molecular complexity index is 1660. The lowest BCUT2D eigenvalue weighted by Crippen LogP contribution is -2.15. The van der Waals surface area contributed by atoms with Crippen molar-refractivity contribution < 1.29 is 9.47 Å². The number of pyridine rings is 1. The molecule has 0 bridgehead atoms. The molecule has 0 radical (unpaired) electrons. The second kappa shape index (κ2) is 11.3. The zero-order valence-electron chi connectivity index (χ0n) is 23.8. The molecule has 5 aromatic rings. The van der Waals surface area contributed by atoms with Crippen molar-refractivity contribution in [2.24, 2.45) is 0 Å². The van der Waals surface area contributed by atoms with Crippen molar-refractivity contribution in [3.63, 3.8) is 0 Å². The smallest absolute Gasteiger partial charge is 0.192 e. The number of benzene rings is 4. The maximum atomic E-state index is 13.7. The van der Waals surface area contributed by atoms with Crippen LogP contribution < -0.4 is 20.2 Å². The second-order valence-corrected chi connectivity index (χ2v) is 11.1. The first-order valence-electron chi connectivity index (χ1n) is 13.5. The van der Waals surface area contributed by atoms with Gasteiger partial charge in [0.05, 0.1) is 30.8 Å². The van der Waals surface area contributed by atoms with Crippen molar-refractivity contribution in [3.8, 4) is 22.8 Å². The summed E-state index contributed by atoms with van der Waals surface area (Å²) in [5, 5.41) is 4.18. The summed E-state index contributed by atoms with van der Waals surface area (Å²) in [6, 6.07) is 32.4. The van der Waals surface area contributed by atoms with Crippen LogP contribution in [0.1, 0.15) is 37.5 Å². The van der Waals surface area contributed by atoms with E-state index >= 15 is 0 Å². The van der Waals surface area contributed by atoms with Crippen LogP contribution in [0.3, 0.4) is 0 Å². The molecule has 0 saturated carbocycles. The summed E-state index contributed by atoms with van der Waals surface area (Å²) in [5.74, 6) is 1.63. The minimum Gasteiger partial charge on any atom is -0.497 e. The van der Waals surface area contributed by atoms with Crippen LogP contribution in [0.4, 0.5) is 5.69 Å². The second-order valence-electron chi connectivity index (χ2n) is 11.1. The molecule has 0 aliphatic heterocycles. The molecule has 5 heteroatoms. The fourth-order valence-corrected chi connectivity index (χ4v) is 4.98. The van der Waals surface area contributed by atoms with Crippen LogP contribution in [0.2, 0.25) is 0 Å². The Kier molecular flexibility index (Phi) is 7.65. The Balaban J connectivity index is 1.60. The van der Waals surface area contributed by atoms with Crippen LogP contribution in [-0.4, -0.2) is 18.8 Å². The van der Waals surface area contributed by atoms with E-state index in [1.807, 2.05) is 54.6 Å². The standard InChI is InChI=1S/C35H36N2O3/c1-35(2,3)27-15-13-26(14-16-27)32-21-33(38)34-30(36-22-24-9-17-28(39-4)18-10-24)7-6-8-31(34)37(32)23-25-11-19-29(40-5)20-12-25/h6-21,36H,22-23H2,1-5H3. The van der Waals surface area contributed by atoms with Gasteiger partial charge in [-0.2, -0.15) is 0 Å². The highest BCUT2D eigenvalue weighted by Crippen LogP contribution is 2.30. The molecular weight excluding hydrogens is 496 g/mol. The van der Waals surface area contributed by atoms with Crippen LogP contribution >= 0.6 is 0 Å². The highest BCUT2D eigenvalue weighted by Gasteiger charge is 2.17. The lowest BCUT2D eigenvalue weighted by atomic mass is 9.86. The van der Waals surface area contributed by atoms with E-state index in [2.05, 4.69) is 67.1 Å². The number of nitrogens with one attached hydrogen (secondary N) is 1. The molecule has 0 fully saturated rings. The molecule has 0 spiro atoms. The van der Waals surface area contributed by atoms with Gasteiger partial charge in [-0.25, -0.2) is 0 Å².